The molecule has 0 aliphatic heterocycles. The summed E-state index contributed by atoms with van der Waals surface area (Å²) in [6.45, 7) is 4.55. The molecule has 0 unspecified atom stereocenters. The van der Waals surface area contributed by atoms with Crippen molar-refractivity contribution in [1.82, 2.24) is 15.1 Å². The number of H-pyrrole nitrogens is 1. The summed E-state index contributed by atoms with van der Waals surface area (Å²) in [5.74, 6) is 0.0396. The van der Waals surface area contributed by atoms with Crippen LogP contribution in [0.25, 0.3) is 0 Å². The quantitative estimate of drug-likeness (QED) is 0.882. The Labute approximate surface area is 130 Å². The van der Waals surface area contributed by atoms with Crippen molar-refractivity contribution in [2.45, 2.75) is 26.3 Å². The molecule has 20 heavy (non-hydrogen) atoms. The van der Waals surface area contributed by atoms with Gasteiger partial charge < -0.3 is 10.6 Å². The van der Waals surface area contributed by atoms with Crippen molar-refractivity contribution in [2.24, 2.45) is 0 Å². The maximum absolute atomic E-state index is 12.4. The number of halogens is 1. The van der Waals surface area contributed by atoms with Gasteiger partial charge in [-0.2, -0.15) is 5.10 Å². The van der Waals surface area contributed by atoms with Gasteiger partial charge in [0.15, 0.2) is 5.69 Å². The highest BCUT2D eigenvalue weighted by Crippen LogP contribution is 2.24. The molecule has 0 aliphatic rings. The van der Waals surface area contributed by atoms with Crippen molar-refractivity contribution in [2.75, 3.05) is 12.8 Å². The Morgan fingerprint density at radius 2 is 2.30 bits per heavy atom. The van der Waals surface area contributed by atoms with Crippen LogP contribution >= 0.6 is 27.3 Å². The number of hydrogen-bond acceptors (Lipinski definition) is 4. The lowest BCUT2D eigenvalue weighted by atomic mass is 10.1. The molecule has 0 aromatic carbocycles. The molecule has 2 heterocycles. The van der Waals surface area contributed by atoms with E-state index in [0.29, 0.717) is 17.9 Å². The van der Waals surface area contributed by atoms with Crippen LogP contribution < -0.4 is 5.73 Å². The molecule has 0 fully saturated rings. The molecule has 0 atom stereocenters. The minimum atomic E-state index is -0.171. The monoisotopic (exact) mass is 356 g/mol. The van der Waals surface area contributed by atoms with E-state index in [1.54, 1.807) is 23.3 Å². The van der Waals surface area contributed by atoms with Gasteiger partial charge in [-0.3, -0.25) is 9.89 Å². The van der Waals surface area contributed by atoms with Crippen LogP contribution in [0.3, 0.4) is 0 Å². The summed E-state index contributed by atoms with van der Waals surface area (Å²) in [6, 6.07) is 2.00. The van der Waals surface area contributed by atoms with E-state index in [1.165, 1.54) is 0 Å². The second kappa shape index (κ2) is 5.97. The molecular formula is C13H17BrN4OS. The normalized spacial score (nSPS) is 11.1. The summed E-state index contributed by atoms with van der Waals surface area (Å²) in [6.07, 6.45) is 0. The fraction of sp³-hybridized carbons (Fsp3) is 0.385. The van der Waals surface area contributed by atoms with Crippen LogP contribution in [0.4, 0.5) is 5.69 Å². The number of nitrogens with two attached hydrogens (primary N) is 1. The number of nitrogens with one attached hydrogen (secondary N) is 1. The highest BCUT2D eigenvalue weighted by Gasteiger charge is 2.22. The van der Waals surface area contributed by atoms with Crippen molar-refractivity contribution in [1.29, 1.82) is 0 Å². The van der Waals surface area contributed by atoms with Gasteiger partial charge in [0.2, 0.25) is 0 Å². The third-order valence-electron chi connectivity index (χ3n) is 2.97. The van der Waals surface area contributed by atoms with Crippen molar-refractivity contribution in [3.63, 3.8) is 0 Å². The second-order valence-corrected chi connectivity index (χ2v) is 6.86. The summed E-state index contributed by atoms with van der Waals surface area (Å²) < 4.78 is 1.03. The number of amides is 1. The van der Waals surface area contributed by atoms with Crippen LogP contribution in [0.2, 0.25) is 0 Å². The number of hydrogen-bond donors (Lipinski definition) is 2. The Morgan fingerprint density at radius 3 is 2.80 bits per heavy atom. The minimum absolute atomic E-state index is 0.171. The van der Waals surface area contributed by atoms with Crippen molar-refractivity contribution >= 4 is 38.9 Å². The molecule has 5 nitrogen and oxygen atoms in total. The average molecular weight is 357 g/mol. The average Bonchev–Trinajstić information content (AvgIpc) is 2.94. The molecular weight excluding hydrogens is 340 g/mol. The lowest BCUT2D eigenvalue weighted by Gasteiger charge is -2.15. The number of aromatic nitrogens is 2. The van der Waals surface area contributed by atoms with Crippen LogP contribution in [0.1, 0.15) is 40.8 Å². The van der Waals surface area contributed by atoms with E-state index in [0.717, 1.165) is 15.0 Å². The summed E-state index contributed by atoms with van der Waals surface area (Å²) in [7, 11) is 1.75. The highest BCUT2D eigenvalue weighted by atomic mass is 79.9. The standard InChI is InChI=1S/C13H17BrN4OS/c1-7(2)11-10(15)12(17-16-11)13(19)18(3)5-9-4-8(14)6-20-9/h4,6-7H,5,15H2,1-3H3,(H,16,17). The molecule has 0 radical (unpaired) electrons. The van der Waals surface area contributed by atoms with Gasteiger partial charge in [0, 0.05) is 21.8 Å². The van der Waals surface area contributed by atoms with Gasteiger partial charge in [-0.25, -0.2) is 0 Å². The van der Waals surface area contributed by atoms with Crippen molar-refractivity contribution < 1.29 is 4.79 Å². The first-order valence-corrected chi connectivity index (χ1v) is 7.89. The molecule has 0 saturated carbocycles. The molecule has 2 rings (SSSR count). The first-order valence-electron chi connectivity index (χ1n) is 6.22. The summed E-state index contributed by atoms with van der Waals surface area (Å²) >= 11 is 5.01. The number of nitrogens with zero attached hydrogens (tertiary/aromatic N) is 2. The van der Waals surface area contributed by atoms with E-state index in [2.05, 4.69) is 26.1 Å². The third-order valence-corrected chi connectivity index (χ3v) is 4.66. The number of aromatic amines is 1. The maximum atomic E-state index is 12.4. The molecule has 0 bridgehead atoms. The summed E-state index contributed by atoms with van der Waals surface area (Å²) in [4.78, 5) is 15.1. The molecule has 108 valence electrons. The fourth-order valence-electron chi connectivity index (χ4n) is 1.89. The number of carbonyl (C=O) groups excluding carboxylic acids is 1. The zero-order valence-corrected chi connectivity index (χ0v) is 14.0. The van der Waals surface area contributed by atoms with E-state index in [4.69, 9.17) is 5.73 Å². The van der Waals surface area contributed by atoms with Crippen LogP contribution in [-0.4, -0.2) is 28.1 Å². The molecule has 0 saturated heterocycles. The van der Waals surface area contributed by atoms with E-state index in [9.17, 15) is 4.79 Å². The third kappa shape index (κ3) is 3.04. The first kappa shape index (κ1) is 15.1. The molecule has 0 spiro atoms. The van der Waals surface area contributed by atoms with Gasteiger partial charge in [0.25, 0.3) is 5.91 Å². The molecule has 0 aliphatic carbocycles. The van der Waals surface area contributed by atoms with Crippen LogP contribution in [0.15, 0.2) is 15.9 Å². The van der Waals surface area contributed by atoms with Gasteiger partial charge in [0.1, 0.15) is 0 Å². The molecule has 7 heteroatoms. The van der Waals surface area contributed by atoms with Gasteiger partial charge in [0.05, 0.1) is 17.9 Å². The zero-order valence-electron chi connectivity index (χ0n) is 11.6. The molecule has 3 N–H and O–H groups in total. The van der Waals surface area contributed by atoms with Crippen LogP contribution in [-0.2, 0) is 6.54 Å². The first-order chi connectivity index (χ1) is 9.40. The van der Waals surface area contributed by atoms with Gasteiger partial charge in [-0.1, -0.05) is 13.8 Å². The molecule has 2 aromatic rings. The number of rotatable bonds is 4. The van der Waals surface area contributed by atoms with Gasteiger partial charge in [-0.05, 0) is 27.9 Å². The number of anilines is 1. The predicted molar refractivity (Wildman–Crippen MR) is 84.9 cm³/mol. The Bertz CT molecular complexity index is 620. The SMILES string of the molecule is CC(C)c1[nH]nc(C(=O)N(C)Cc2cc(Br)cs2)c1N. The largest absolute Gasteiger partial charge is 0.395 e. The molecule has 2 aromatic heterocycles. The Kier molecular flexibility index (Phi) is 4.49. The number of thiophene rings is 1. The van der Waals surface area contributed by atoms with Gasteiger partial charge >= 0.3 is 0 Å². The van der Waals surface area contributed by atoms with E-state index >= 15 is 0 Å². The second-order valence-electron chi connectivity index (χ2n) is 4.95. The van der Waals surface area contributed by atoms with E-state index < -0.39 is 0 Å². The Hall–Kier alpha value is -1.34. The van der Waals surface area contributed by atoms with Crippen LogP contribution in [0, 0.1) is 0 Å². The minimum Gasteiger partial charge on any atom is -0.395 e. The molecule has 1 amide bonds. The van der Waals surface area contributed by atoms with E-state index in [1.807, 2.05) is 25.3 Å². The lowest BCUT2D eigenvalue weighted by molar-refractivity contribution is 0.0781. The summed E-state index contributed by atoms with van der Waals surface area (Å²) in [5, 5.41) is 8.90. The fourth-order valence-corrected chi connectivity index (χ4v) is 3.39. The zero-order chi connectivity index (χ0) is 14.9. The topological polar surface area (TPSA) is 75.0 Å². The summed E-state index contributed by atoms with van der Waals surface area (Å²) in [5.41, 5.74) is 7.55. The lowest BCUT2D eigenvalue weighted by Crippen LogP contribution is -2.26. The highest BCUT2D eigenvalue weighted by molar-refractivity contribution is 9.10. The van der Waals surface area contributed by atoms with E-state index in [-0.39, 0.29) is 11.8 Å². The van der Waals surface area contributed by atoms with Crippen LogP contribution in [0.5, 0.6) is 0 Å². The van der Waals surface area contributed by atoms with Crippen molar-refractivity contribution in [3.8, 4) is 0 Å². The predicted octanol–water partition coefficient (Wildman–Crippen LogP) is 3.21. The van der Waals surface area contributed by atoms with Crippen molar-refractivity contribution in [3.05, 3.63) is 32.2 Å². The number of carbonyl (C=O) groups is 1. The maximum Gasteiger partial charge on any atom is 0.276 e. The Balaban J connectivity index is 2.14. The smallest absolute Gasteiger partial charge is 0.276 e. The Morgan fingerprint density at radius 1 is 1.60 bits per heavy atom. The van der Waals surface area contributed by atoms with Gasteiger partial charge in [-0.15, -0.1) is 11.3 Å². The number of nitrogen functional groups attached to an aromatic ring is 1.